The van der Waals surface area contributed by atoms with Crippen molar-refractivity contribution in [3.05, 3.63) is 69.0 Å². The molecule has 8 heteroatoms. The Bertz CT molecular complexity index is 1020. The maximum atomic E-state index is 12.2. The van der Waals surface area contributed by atoms with Gasteiger partial charge in [0.25, 0.3) is 0 Å². The van der Waals surface area contributed by atoms with E-state index in [1.165, 1.54) is 18.4 Å². The zero-order chi connectivity index (χ0) is 20.1. The normalized spacial score (nSPS) is 10.9. The number of anilines is 1. The van der Waals surface area contributed by atoms with Crippen molar-refractivity contribution in [3.63, 3.8) is 0 Å². The molecule has 0 amide bonds. The minimum atomic E-state index is -0.459. The Balaban J connectivity index is 1.88. The molecule has 0 bridgehead atoms. The van der Waals surface area contributed by atoms with E-state index in [-0.39, 0.29) is 0 Å². The number of carbonyl (C=O) groups excluding carboxylic acids is 1. The molecular formula is C20H16Cl2N2O3S. The van der Waals surface area contributed by atoms with Crippen LogP contribution in [0.4, 0.5) is 5.69 Å². The summed E-state index contributed by atoms with van der Waals surface area (Å²) in [5, 5.41) is 0.852. The molecule has 0 radical (unpaired) electrons. The smallest absolute Gasteiger partial charge is 0.350 e. The van der Waals surface area contributed by atoms with Crippen LogP contribution in [0, 0.1) is 0 Å². The minimum absolute atomic E-state index is 0.350. The van der Waals surface area contributed by atoms with Crippen molar-refractivity contribution in [1.82, 2.24) is 0 Å². The highest BCUT2D eigenvalue weighted by atomic mass is 35.5. The second kappa shape index (κ2) is 9.10. The minimum Gasteiger partial charge on any atom is -0.465 e. The van der Waals surface area contributed by atoms with Gasteiger partial charge in [0.2, 0.25) is 0 Å². The Labute approximate surface area is 176 Å². The predicted molar refractivity (Wildman–Crippen MR) is 115 cm³/mol. The van der Waals surface area contributed by atoms with Crippen molar-refractivity contribution in [2.45, 2.75) is 0 Å². The summed E-state index contributed by atoms with van der Waals surface area (Å²) in [6.07, 6.45) is 1.77. The van der Waals surface area contributed by atoms with Gasteiger partial charge in [-0.05, 0) is 35.4 Å². The van der Waals surface area contributed by atoms with Crippen LogP contribution in [0.3, 0.4) is 0 Å². The first-order chi connectivity index (χ1) is 13.5. The molecular weight excluding hydrogens is 419 g/mol. The Morgan fingerprint density at radius 2 is 1.89 bits per heavy atom. The van der Waals surface area contributed by atoms with E-state index < -0.39 is 5.97 Å². The lowest BCUT2D eigenvalue weighted by Crippen LogP contribution is -2.08. The molecule has 3 rings (SSSR count). The lowest BCUT2D eigenvalue weighted by molar-refractivity contribution is 0.0606. The van der Waals surface area contributed by atoms with Gasteiger partial charge in [-0.2, -0.15) is 0 Å². The van der Waals surface area contributed by atoms with Crippen LogP contribution < -0.4 is 10.3 Å². The Morgan fingerprint density at radius 1 is 1.14 bits per heavy atom. The number of aliphatic imine (C=N–C) groups is 1. The molecule has 144 valence electrons. The first-order valence-electron chi connectivity index (χ1n) is 8.14. The number of ether oxygens (including phenoxy) is 1. The fraction of sp³-hybridized carbons (Fsp3) is 0.100. The average Bonchev–Trinajstić information content (AvgIpc) is 3.12. The number of thiophene rings is 1. The van der Waals surface area contributed by atoms with E-state index in [0.717, 1.165) is 16.0 Å². The van der Waals surface area contributed by atoms with Crippen LogP contribution in [0.15, 0.2) is 53.5 Å². The van der Waals surface area contributed by atoms with Gasteiger partial charge in [0.1, 0.15) is 4.88 Å². The molecule has 0 fully saturated rings. The van der Waals surface area contributed by atoms with Gasteiger partial charge in [-0.1, -0.05) is 47.5 Å². The van der Waals surface area contributed by atoms with Crippen LogP contribution in [0.1, 0.15) is 15.2 Å². The van der Waals surface area contributed by atoms with Crippen LogP contribution in [-0.4, -0.2) is 26.3 Å². The number of nitrogens with one attached hydrogen (secondary N) is 1. The van der Waals surface area contributed by atoms with Crippen molar-refractivity contribution in [2.75, 3.05) is 19.6 Å². The molecule has 0 aliphatic carbocycles. The number of nitrogens with zero attached hydrogens (tertiary/aromatic N) is 1. The number of carbonyl (C=O) groups is 1. The lowest BCUT2D eigenvalue weighted by atomic mass is 10.1. The van der Waals surface area contributed by atoms with E-state index in [4.69, 9.17) is 32.8 Å². The third-order valence-electron chi connectivity index (χ3n) is 3.74. The van der Waals surface area contributed by atoms with E-state index in [9.17, 15) is 4.79 Å². The van der Waals surface area contributed by atoms with Crippen molar-refractivity contribution in [2.24, 2.45) is 4.99 Å². The van der Waals surface area contributed by atoms with E-state index in [1.807, 2.05) is 30.3 Å². The fourth-order valence-corrected chi connectivity index (χ4v) is 3.88. The SMILES string of the molecule is CN=Cc1ccc(-c2cc(NOc3ccc(Cl)cc3Cl)c(C(=O)OC)s2)cc1. The highest BCUT2D eigenvalue weighted by Gasteiger charge is 2.19. The van der Waals surface area contributed by atoms with Crippen LogP contribution >= 0.6 is 34.5 Å². The zero-order valence-electron chi connectivity index (χ0n) is 15.0. The Morgan fingerprint density at radius 3 is 2.54 bits per heavy atom. The molecule has 0 aliphatic rings. The van der Waals surface area contributed by atoms with Crippen molar-refractivity contribution < 1.29 is 14.4 Å². The molecule has 0 saturated carbocycles. The third-order valence-corrected chi connectivity index (χ3v) is 5.44. The second-order valence-corrected chi connectivity index (χ2v) is 7.53. The molecule has 0 aliphatic heterocycles. The number of halogens is 2. The lowest BCUT2D eigenvalue weighted by Gasteiger charge is -2.09. The van der Waals surface area contributed by atoms with E-state index in [2.05, 4.69) is 10.5 Å². The van der Waals surface area contributed by atoms with E-state index in [0.29, 0.717) is 26.4 Å². The van der Waals surface area contributed by atoms with Crippen LogP contribution in [0.25, 0.3) is 10.4 Å². The quantitative estimate of drug-likeness (QED) is 0.295. The Kier molecular flexibility index (Phi) is 6.57. The molecule has 0 spiro atoms. The van der Waals surface area contributed by atoms with Gasteiger partial charge in [0, 0.05) is 23.2 Å². The highest BCUT2D eigenvalue weighted by molar-refractivity contribution is 7.18. The summed E-state index contributed by atoms with van der Waals surface area (Å²) >= 11 is 13.3. The first-order valence-corrected chi connectivity index (χ1v) is 9.71. The summed E-state index contributed by atoms with van der Waals surface area (Å²) in [5.41, 5.74) is 5.23. The summed E-state index contributed by atoms with van der Waals surface area (Å²) in [4.78, 5) is 23.0. The molecule has 1 N–H and O–H groups in total. The number of benzene rings is 2. The number of hydrogen-bond acceptors (Lipinski definition) is 6. The number of esters is 1. The average molecular weight is 435 g/mol. The molecule has 2 aromatic carbocycles. The van der Waals surface area contributed by atoms with E-state index in [1.54, 1.807) is 31.5 Å². The van der Waals surface area contributed by atoms with Crippen LogP contribution in [0.5, 0.6) is 5.75 Å². The third kappa shape index (κ3) is 4.65. The van der Waals surface area contributed by atoms with E-state index >= 15 is 0 Å². The zero-order valence-corrected chi connectivity index (χ0v) is 17.4. The molecule has 28 heavy (non-hydrogen) atoms. The summed E-state index contributed by atoms with van der Waals surface area (Å²) in [7, 11) is 3.06. The first kappa shape index (κ1) is 20.2. The van der Waals surface area contributed by atoms with Gasteiger partial charge in [-0.3, -0.25) is 4.99 Å². The van der Waals surface area contributed by atoms with Gasteiger partial charge in [0.05, 0.1) is 17.8 Å². The maximum absolute atomic E-state index is 12.2. The fourth-order valence-electron chi connectivity index (χ4n) is 2.40. The van der Waals surface area contributed by atoms with Crippen molar-refractivity contribution >= 4 is 52.4 Å². The molecule has 3 aromatic rings. The Hall–Kier alpha value is -2.54. The van der Waals surface area contributed by atoms with Gasteiger partial charge >= 0.3 is 5.97 Å². The van der Waals surface area contributed by atoms with Gasteiger partial charge < -0.3 is 9.57 Å². The maximum Gasteiger partial charge on any atom is 0.350 e. The number of rotatable bonds is 6. The van der Waals surface area contributed by atoms with Crippen molar-refractivity contribution in [1.29, 1.82) is 0 Å². The number of methoxy groups -OCH3 is 1. The monoisotopic (exact) mass is 434 g/mol. The number of hydrogen-bond donors (Lipinski definition) is 1. The molecule has 1 heterocycles. The summed E-state index contributed by atoms with van der Waals surface area (Å²) in [5.74, 6) is -0.0721. The second-order valence-electron chi connectivity index (χ2n) is 5.63. The molecule has 5 nitrogen and oxygen atoms in total. The van der Waals surface area contributed by atoms with Crippen LogP contribution in [-0.2, 0) is 4.74 Å². The van der Waals surface area contributed by atoms with Gasteiger partial charge in [-0.25, -0.2) is 10.3 Å². The predicted octanol–water partition coefficient (Wildman–Crippen LogP) is 5.96. The molecule has 0 atom stereocenters. The summed E-state index contributed by atoms with van der Waals surface area (Å²) < 4.78 is 4.88. The van der Waals surface area contributed by atoms with Gasteiger partial charge in [-0.15, -0.1) is 11.3 Å². The van der Waals surface area contributed by atoms with Crippen LogP contribution in [0.2, 0.25) is 10.0 Å². The molecule has 0 unspecified atom stereocenters. The molecule has 1 aromatic heterocycles. The standard InChI is InChI=1S/C20H16Cl2N2O3S/c1-23-11-12-3-5-13(6-4-12)18-10-16(19(28-18)20(25)26-2)24-27-17-8-7-14(21)9-15(17)22/h3-11,24H,1-2H3. The van der Waals surface area contributed by atoms with Crippen molar-refractivity contribution in [3.8, 4) is 16.2 Å². The topological polar surface area (TPSA) is 59.9 Å². The highest BCUT2D eigenvalue weighted by Crippen LogP contribution is 2.36. The molecule has 0 saturated heterocycles. The summed E-state index contributed by atoms with van der Waals surface area (Å²) in [6.45, 7) is 0. The van der Waals surface area contributed by atoms with Gasteiger partial charge in [0.15, 0.2) is 5.75 Å². The summed E-state index contributed by atoms with van der Waals surface area (Å²) in [6, 6.07) is 14.5. The largest absolute Gasteiger partial charge is 0.465 e.